The van der Waals surface area contributed by atoms with Gasteiger partial charge in [0.05, 0.1) is 5.92 Å². The average Bonchev–Trinajstić information content (AvgIpc) is 3.09. The standard InChI is InChI=1S/C18H22F6O5/c1-9(2)13(25)29-15-5-4-11(8-15)6-12(15)14(26)28-10(3)7-16(27,17(19,20)21)18(22,23)24/h10-12,27H,1,4-8H2,2-3H3. The molecule has 29 heavy (non-hydrogen) atoms. The number of alkyl halides is 6. The van der Waals surface area contributed by atoms with Crippen LogP contribution in [0.3, 0.4) is 0 Å². The van der Waals surface area contributed by atoms with Crippen LogP contribution in [-0.4, -0.2) is 46.7 Å². The fourth-order valence-electron chi connectivity index (χ4n) is 4.08. The molecule has 0 amide bonds. The molecule has 2 saturated carbocycles. The van der Waals surface area contributed by atoms with Gasteiger partial charge in [-0.25, -0.2) is 4.79 Å². The maximum atomic E-state index is 12.8. The minimum absolute atomic E-state index is 0.0306. The van der Waals surface area contributed by atoms with Crippen molar-refractivity contribution in [2.75, 3.05) is 0 Å². The largest absolute Gasteiger partial charge is 0.462 e. The van der Waals surface area contributed by atoms with Crippen molar-refractivity contribution >= 4 is 11.9 Å². The molecule has 0 heterocycles. The van der Waals surface area contributed by atoms with Crippen LogP contribution in [0.25, 0.3) is 0 Å². The molecule has 1 N–H and O–H groups in total. The summed E-state index contributed by atoms with van der Waals surface area (Å²) in [5, 5.41) is 9.25. The van der Waals surface area contributed by atoms with E-state index in [9.17, 15) is 41.0 Å². The Morgan fingerprint density at radius 2 is 1.76 bits per heavy atom. The van der Waals surface area contributed by atoms with E-state index in [4.69, 9.17) is 9.47 Å². The zero-order valence-corrected chi connectivity index (χ0v) is 15.8. The number of halogens is 6. The van der Waals surface area contributed by atoms with Gasteiger partial charge in [0.2, 0.25) is 0 Å². The van der Waals surface area contributed by atoms with Gasteiger partial charge in [-0.15, -0.1) is 0 Å². The third-order valence-corrected chi connectivity index (χ3v) is 5.58. The highest BCUT2D eigenvalue weighted by atomic mass is 19.4. The van der Waals surface area contributed by atoms with Gasteiger partial charge in [0, 0.05) is 12.0 Å². The molecule has 166 valence electrons. The molecule has 0 aliphatic heterocycles. The number of carbonyl (C=O) groups is 2. The van der Waals surface area contributed by atoms with Crippen LogP contribution in [0.5, 0.6) is 0 Å². The molecule has 0 aromatic rings. The second-order valence-corrected chi connectivity index (χ2v) is 7.94. The Kier molecular flexibility index (Phi) is 6.06. The van der Waals surface area contributed by atoms with E-state index in [0.29, 0.717) is 19.3 Å². The predicted molar refractivity (Wildman–Crippen MR) is 86.3 cm³/mol. The highest BCUT2D eigenvalue weighted by Crippen LogP contribution is 2.54. The Bertz CT molecular complexity index is 671. The van der Waals surface area contributed by atoms with E-state index in [1.54, 1.807) is 0 Å². The van der Waals surface area contributed by atoms with Crippen molar-refractivity contribution < 1.29 is 50.5 Å². The molecule has 5 nitrogen and oxygen atoms in total. The monoisotopic (exact) mass is 432 g/mol. The first-order chi connectivity index (χ1) is 13.0. The third-order valence-electron chi connectivity index (χ3n) is 5.58. The number of rotatable bonds is 6. The minimum atomic E-state index is -6.00. The van der Waals surface area contributed by atoms with Crippen molar-refractivity contribution in [1.29, 1.82) is 0 Å². The van der Waals surface area contributed by atoms with Crippen molar-refractivity contribution in [3.05, 3.63) is 12.2 Å². The number of carbonyl (C=O) groups excluding carboxylic acids is 2. The highest BCUT2D eigenvalue weighted by molar-refractivity contribution is 5.88. The molecule has 11 heteroatoms. The molecule has 0 saturated heterocycles. The molecule has 4 atom stereocenters. The minimum Gasteiger partial charge on any atom is -0.462 e. The second kappa shape index (κ2) is 7.48. The van der Waals surface area contributed by atoms with Crippen molar-refractivity contribution in [3.63, 3.8) is 0 Å². The molecule has 2 bridgehead atoms. The quantitative estimate of drug-likeness (QED) is 0.392. The van der Waals surface area contributed by atoms with Crippen molar-refractivity contribution in [1.82, 2.24) is 0 Å². The number of aliphatic hydroxyl groups is 1. The number of hydrogen-bond donors (Lipinski definition) is 1. The summed E-state index contributed by atoms with van der Waals surface area (Å²) in [5.74, 6) is -2.76. The van der Waals surface area contributed by atoms with Crippen LogP contribution in [0.15, 0.2) is 12.2 Å². The first-order valence-electron chi connectivity index (χ1n) is 8.97. The van der Waals surface area contributed by atoms with Crippen LogP contribution in [-0.2, 0) is 19.1 Å². The molecule has 0 spiro atoms. The fraction of sp³-hybridized carbons (Fsp3) is 0.778. The van der Waals surface area contributed by atoms with E-state index in [1.165, 1.54) is 6.92 Å². The smallest absolute Gasteiger partial charge is 0.426 e. The second-order valence-electron chi connectivity index (χ2n) is 7.94. The van der Waals surface area contributed by atoms with Gasteiger partial charge in [0.25, 0.3) is 5.60 Å². The molecule has 4 unspecified atom stereocenters. The van der Waals surface area contributed by atoms with Gasteiger partial charge in [0.15, 0.2) is 0 Å². The Morgan fingerprint density at radius 3 is 2.21 bits per heavy atom. The summed E-state index contributed by atoms with van der Waals surface area (Å²) in [6, 6.07) is 0. The molecule has 2 fully saturated rings. The summed E-state index contributed by atoms with van der Waals surface area (Å²) in [6.45, 7) is 5.69. The molecular weight excluding hydrogens is 410 g/mol. The maximum absolute atomic E-state index is 12.8. The molecule has 0 aromatic carbocycles. The summed E-state index contributed by atoms with van der Waals surface area (Å²) < 4.78 is 87.2. The highest BCUT2D eigenvalue weighted by Gasteiger charge is 2.70. The number of ether oxygens (including phenoxy) is 2. The summed E-state index contributed by atoms with van der Waals surface area (Å²) in [5.41, 5.74) is -6.13. The van der Waals surface area contributed by atoms with E-state index < -0.39 is 53.9 Å². The molecule has 2 aliphatic carbocycles. The van der Waals surface area contributed by atoms with E-state index >= 15 is 0 Å². The first kappa shape index (κ1) is 23.5. The molecular formula is C18H22F6O5. The maximum Gasteiger partial charge on any atom is 0.426 e. The number of hydrogen-bond acceptors (Lipinski definition) is 5. The molecule has 2 rings (SSSR count). The summed E-state index contributed by atoms with van der Waals surface area (Å²) in [4.78, 5) is 24.4. The van der Waals surface area contributed by atoms with Gasteiger partial charge in [-0.05, 0) is 45.4 Å². The van der Waals surface area contributed by atoms with Crippen LogP contribution in [0.4, 0.5) is 26.3 Å². The van der Waals surface area contributed by atoms with Crippen LogP contribution in [0.2, 0.25) is 0 Å². The zero-order valence-electron chi connectivity index (χ0n) is 15.8. The Hall–Kier alpha value is -1.78. The van der Waals surface area contributed by atoms with Gasteiger partial charge in [0.1, 0.15) is 11.7 Å². The van der Waals surface area contributed by atoms with Gasteiger partial charge < -0.3 is 14.6 Å². The van der Waals surface area contributed by atoms with Gasteiger partial charge in [-0.2, -0.15) is 26.3 Å². The van der Waals surface area contributed by atoms with Crippen LogP contribution in [0.1, 0.15) is 46.0 Å². The summed E-state index contributed by atoms with van der Waals surface area (Å²) in [7, 11) is 0. The van der Waals surface area contributed by atoms with E-state index in [0.717, 1.165) is 6.92 Å². The zero-order chi connectivity index (χ0) is 22.4. The van der Waals surface area contributed by atoms with Crippen LogP contribution < -0.4 is 0 Å². The predicted octanol–water partition coefficient (Wildman–Crippen LogP) is 3.84. The van der Waals surface area contributed by atoms with Crippen molar-refractivity contribution in [3.8, 4) is 0 Å². The Labute approximate surface area is 163 Å². The normalized spacial score (nSPS) is 28.2. The topological polar surface area (TPSA) is 72.8 Å². The van der Waals surface area contributed by atoms with Gasteiger partial charge in [-0.1, -0.05) is 6.58 Å². The van der Waals surface area contributed by atoms with E-state index in [1.807, 2.05) is 0 Å². The van der Waals surface area contributed by atoms with Gasteiger partial charge >= 0.3 is 24.3 Å². The first-order valence-corrected chi connectivity index (χ1v) is 8.97. The van der Waals surface area contributed by atoms with E-state index in [-0.39, 0.29) is 17.9 Å². The van der Waals surface area contributed by atoms with Crippen LogP contribution >= 0.6 is 0 Å². The lowest BCUT2D eigenvalue weighted by Gasteiger charge is -2.36. The van der Waals surface area contributed by atoms with Gasteiger partial charge in [-0.3, -0.25) is 4.79 Å². The average molecular weight is 432 g/mol. The summed E-state index contributed by atoms with van der Waals surface area (Å²) in [6.07, 6.45) is -14.2. The van der Waals surface area contributed by atoms with Crippen molar-refractivity contribution in [2.24, 2.45) is 11.8 Å². The van der Waals surface area contributed by atoms with E-state index in [2.05, 4.69) is 6.58 Å². The third kappa shape index (κ3) is 4.39. The lowest BCUT2D eigenvalue weighted by molar-refractivity contribution is -0.373. The molecule has 0 radical (unpaired) electrons. The number of esters is 2. The SMILES string of the molecule is C=C(C)C(=O)OC12CCC(CC1C(=O)OC(C)CC(O)(C(F)(F)F)C(F)(F)F)C2. The Balaban J connectivity index is 2.13. The lowest BCUT2D eigenvalue weighted by atomic mass is 9.84. The Morgan fingerprint density at radius 1 is 1.21 bits per heavy atom. The molecule has 0 aromatic heterocycles. The lowest BCUT2D eigenvalue weighted by Crippen LogP contribution is -2.58. The number of fused-ring (bicyclic) bond motifs is 2. The fourth-order valence-corrected chi connectivity index (χ4v) is 4.08. The van der Waals surface area contributed by atoms with Crippen molar-refractivity contribution in [2.45, 2.75) is 75.6 Å². The molecule has 2 aliphatic rings. The van der Waals surface area contributed by atoms with Crippen LogP contribution in [0, 0.1) is 11.8 Å². The summed E-state index contributed by atoms with van der Waals surface area (Å²) >= 11 is 0.